The van der Waals surface area contributed by atoms with Gasteiger partial charge in [-0.2, -0.15) is 0 Å². The van der Waals surface area contributed by atoms with Gasteiger partial charge in [-0.25, -0.2) is 0 Å². The molecule has 1 aliphatic rings. The van der Waals surface area contributed by atoms with Gasteiger partial charge < -0.3 is 19.8 Å². The monoisotopic (exact) mass is 189 g/mol. The molecule has 3 atom stereocenters. The summed E-state index contributed by atoms with van der Waals surface area (Å²) in [4.78, 5) is 2.07. The van der Waals surface area contributed by atoms with Crippen LogP contribution < -0.4 is 0 Å². The molecule has 0 aromatic heterocycles. The highest BCUT2D eigenvalue weighted by molar-refractivity contribution is 4.77. The Morgan fingerprint density at radius 3 is 2.69 bits per heavy atom. The van der Waals surface area contributed by atoms with Gasteiger partial charge in [0.1, 0.15) is 0 Å². The number of rotatable bonds is 3. The van der Waals surface area contributed by atoms with E-state index in [1.54, 1.807) is 0 Å². The third-order valence-electron chi connectivity index (χ3n) is 2.54. The van der Waals surface area contributed by atoms with Crippen LogP contribution in [0, 0.1) is 0 Å². The maximum Gasteiger partial charge on any atom is 0.156 e. The topological polar surface area (TPSA) is 52.9 Å². The number of hydrogen-bond acceptors (Lipinski definition) is 4. The summed E-state index contributed by atoms with van der Waals surface area (Å²) in [5, 5.41) is 18.1. The van der Waals surface area contributed by atoms with Crippen molar-refractivity contribution in [1.82, 2.24) is 4.90 Å². The molecule has 1 rings (SSSR count). The molecule has 0 amide bonds. The Kier molecular flexibility index (Phi) is 4.12. The third-order valence-corrected chi connectivity index (χ3v) is 2.54. The van der Waals surface area contributed by atoms with E-state index in [4.69, 9.17) is 9.84 Å². The molecule has 1 heterocycles. The predicted octanol–water partition coefficient (Wildman–Crippen LogP) is -0.204. The Morgan fingerprint density at radius 2 is 2.15 bits per heavy atom. The van der Waals surface area contributed by atoms with Gasteiger partial charge in [-0.1, -0.05) is 0 Å². The van der Waals surface area contributed by atoms with Gasteiger partial charge in [0.15, 0.2) is 6.29 Å². The molecular weight excluding hydrogens is 170 g/mol. The molecule has 2 N–H and O–H groups in total. The van der Waals surface area contributed by atoms with Crippen molar-refractivity contribution < 1.29 is 14.9 Å². The van der Waals surface area contributed by atoms with Gasteiger partial charge in [0.25, 0.3) is 0 Å². The molecule has 0 aromatic carbocycles. The molecule has 0 aliphatic carbocycles. The number of aliphatic hydroxyl groups is 2. The first-order chi connectivity index (χ1) is 6.13. The van der Waals surface area contributed by atoms with Crippen molar-refractivity contribution >= 4 is 0 Å². The van der Waals surface area contributed by atoms with Crippen molar-refractivity contribution in [2.24, 2.45) is 0 Å². The molecule has 4 heteroatoms. The van der Waals surface area contributed by atoms with Gasteiger partial charge in [-0.05, 0) is 20.4 Å². The third kappa shape index (κ3) is 3.23. The maximum atomic E-state index is 9.36. The summed E-state index contributed by atoms with van der Waals surface area (Å²) in [5.74, 6) is 0. The molecule has 0 radical (unpaired) electrons. The lowest BCUT2D eigenvalue weighted by Crippen LogP contribution is -2.44. The van der Waals surface area contributed by atoms with E-state index in [0.717, 1.165) is 6.42 Å². The number of ether oxygens (including phenoxy) is 1. The minimum Gasteiger partial charge on any atom is -0.395 e. The van der Waals surface area contributed by atoms with Gasteiger partial charge in [0.2, 0.25) is 0 Å². The standard InChI is InChI=1S/C9H19NO3/c1-7-5-8(6-9(12)13-7)10(2)3-4-11/h7-9,11-12H,3-6H2,1-2H3. The fourth-order valence-corrected chi connectivity index (χ4v) is 1.79. The van der Waals surface area contributed by atoms with Gasteiger partial charge in [0.05, 0.1) is 12.7 Å². The van der Waals surface area contributed by atoms with E-state index in [1.165, 1.54) is 0 Å². The molecule has 1 aliphatic heterocycles. The average molecular weight is 189 g/mol. The van der Waals surface area contributed by atoms with Crippen LogP contribution in [0.5, 0.6) is 0 Å². The fraction of sp³-hybridized carbons (Fsp3) is 1.00. The second-order valence-corrected chi connectivity index (χ2v) is 3.73. The summed E-state index contributed by atoms with van der Waals surface area (Å²) in [6.45, 7) is 2.78. The van der Waals surface area contributed by atoms with Crippen molar-refractivity contribution in [2.75, 3.05) is 20.2 Å². The Morgan fingerprint density at radius 1 is 1.46 bits per heavy atom. The van der Waals surface area contributed by atoms with Crippen molar-refractivity contribution in [2.45, 2.75) is 38.2 Å². The van der Waals surface area contributed by atoms with Gasteiger partial charge >= 0.3 is 0 Å². The van der Waals surface area contributed by atoms with Crippen LogP contribution in [0.25, 0.3) is 0 Å². The molecule has 0 aromatic rings. The average Bonchev–Trinajstić information content (AvgIpc) is 2.03. The van der Waals surface area contributed by atoms with Crippen LogP contribution in [0.1, 0.15) is 19.8 Å². The first kappa shape index (κ1) is 10.9. The number of likely N-dealkylation sites (N-methyl/N-ethyl adjacent to an activating group) is 1. The highest BCUT2D eigenvalue weighted by Gasteiger charge is 2.27. The zero-order chi connectivity index (χ0) is 9.84. The summed E-state index contributed by atoms with van der Waals surface area (Å²) < 4.78 is 5.21. The first-order valence-corrected chi connectivity index (χ1v) is 4.78. The zero-order valence-electron chi connectivity index (χ0n) is 8.31. The lowest BCUT2D eigenvalue weighted by molar-refractivity contribution is -0.174. The van der Waals surface area contributed by atoms with Crippen LogP contribution in [0.15, 0.2) is 0 Å². The van der Waals surface area contributed by atoms with E-state index in [2.05, 4.69) is 4.90 Å². The largest absolute Gasteiger partial charge is 0.395 e. The van der Waals surface area contributed by atoms with Crippen LogP contribution in [0.3, 0.4) is 0 Å². The Balaban J connectivity index is 2.40. The molecule has 1 fully saturated rings. The van der Waals surface area contributed by atoms with E-state index in [-0.39, 0.29) is 12.7 Å². The maximum absolute atomic E-state index is 9.36. The fourth-order valence-electron chi connectivity index (χ4n) is 1.79. The van der Waals surface area contributed by atoms with Crippen LogP contribution >= 0.6 is 0 Å². The first-order valence-electron chi connectivity index (χ1n) is 4.78. The summed E-state index contributed by atoms with van der Waals surface area (Å²) >= 11 is 0. The molecule has 0 bridgehead atoms. The van der Waals surface area contributed by atoms with Crippen LogP contribution in [0.2, 0.25) is 0 Å². The Bertz CT molecular complexity index is 144. The Labute approximate surface area is 79.1 Å². The molecule has 1 saturated heterocycles. The van der Waals surface area contributed by atoms with E-state index in [9.17, 15) is 5.11 Å². The molecule has 78 valence electrons. The summed E-state index contributed by atoms with van der Waals surface area (Å²) in [6, 6.07) is 0.325. The molecule has 0 spiro atoms. The van der Waals surface area contributed by atoms with Crippen LogP contribution in [0.4, 0.5) is 0 Å². The highest BCUT2D eigenvalue weighted by atomic mass is 16.6. The number of aliphatic hydroxyl groups excluding tert-OH is 2. The second-order valence-electron chi connectivity index (χ2n) is 3.73. The van der Waals surface area contributed by atoms with E-state index >= 15 is 0 Å². The SMILES string of the molecule is CC1CC(N(C)CCO)CC(O)O1. The Hall–Kier alpha value is -0.160. The van der Waals surface area contributed by atoms with Crippen molar-refractivity contribution in [3.05, 3.63) is 0 Å². The number of nitrogens with zero attached hydrogens (tertiary/aromatic N) is 1. The van der Waals surface area contributed by atoms with Crippen molar-refractivity contribution in [3.8, 4) is 0 Å². The summed E-state index contributed by atoms with van der Waals surface area (Å²) in [7, 11) is 1.96. The molecule has 4 nitrogen and oxygen atoms in total. The van der Waals surface area contributed by atoms with Gasteiger partial charge in [-0.3, -0.25) is 0 Å². The summed E-state index contributed by atoms with van der Waals surface area (Å²) in [5.41, 5.74) is 0. The van der Waals surface area contributed by atoms with E-state index in [0.29, 0.717) is 19.0 Å². The van der Waals surface area contributed by atoms with Crippen molar-refractivity contribution in [1.29, 1.82) is 0 Å². The minimum atomic E-state index is -0.644. The van der Waals surface area contributed by atoms with Gasteiger partial charge in [0, 0.05) is 19.0 Å². The van der Waals surface area contributed by atoms with Crippen LogP contribution in [-0.4, -0.2) is 53.7 Å². The van der Waals surface area contributed by atoms with E-state index in [1.807, 2.05) is 14.0 Å². The molecule has 0 saturated carbocycles. The van der Waals surface area contributed by atoms with Crippen molar-refractivity contribution in [3.63, 3.8) is 0 Å². The number of hydrogen-bond donors (Lipinski definition) is 2. The van der Waals surface area contributed by atoms with Gasteiger partial charge in [-0.15, -0.1) is 0 Å². The highest BCUT2D eigenvalue weighted by Crippen LogP contribution is 2.21. The predicted molar refractivity (Wildman–Crippen MR) is 49.3 cm³/mol. The minimum absolute atomic E-state index is 0.106. The van der Waals surface area contributed by atoms with E-state index < -0.39 is 6.29 Å². The molecule has 13 heavy (non-hydrogen) atoms. The summed E-state index contributed by atoms with van der Waals surface area (Å²) in [6.07, 6.45) is 1.03. The smallest absolute Gasteiger partial charge is 0.156 e. The normalized spacial score (nSPS) is 35.3. The second kappa shape index (κ2) is 4.91. The van der Waals surface area contributed by atoms with Crippen LogP contribution in [-0.2, 0) is 4.74 Å². The lowest BCUT2D eigenvalue weighted by atomic mass is 10.0. The quantitative estimate of drug-likeness (QED) is 0.645. The zero-order valence-corrected chi connectivity index (χ0v) is 8.31. The lowest BCUT2D eigenvalue weighted by Gasteiger charge is -2.36. The molecular formula is C9H19NO3. The molecule has 3 unspecified atom stereocenters.